The molecule has 0 aliphatic carbocycles. The molecule has 0 saturated carbocycles. The predicted octanol–water partition coefficient (Wildman–Crippen LogP) is 1.84. The third-order valence-electron chi connectivity index (χ3n) is 3.48. The van der Waals surface area contributed by atoms with Crippen molar-refractivity contribution < 1.29 is 23.1 Å². The number of methoxy groups -OCH3 is 1. The van der Waals surface area contributed by atoms with Crippen molar-refractivity contribution >= 4 is 27.6 Å². The smallest absolute Gasteiger partial charge is 0.337 e. The molecule has 1 aliphatic heterocycles. The summed E-state index contributed by atoms with van der Waals surface area (Å²) in [5.74, 6) is -1.26. The van der Waals surface area contributed by atoms with Crippen molar-refractivity contribution in [2.45, 2.75) is 23.8 Å². The van der Waals surface area contributed by atoms with Gasteiger partial charge in [0.2, 0.25) is 10.0 Å². The number of benzene rings is 1. The quantitative estimate of drug-likeness (QED) is 0.908. The van der Waals surface area contributed by atoms with Crippen LogP contribution >= 0.6 is 11.6 Å². The van der Waals surface area contributed by atoms with Gasteiger partial charge in [0.1, 0.15) is 0 Å². The molecule has 1 fully saturated rings. The molecule has 1 saturated heterocycles. The number of carbonyl (C=O) groups is 1. The fourth-order valence-electron chi connectivity index (χ4n) is 2.29. The number of hydrogen-bond donors (Lipinski definition) is 1. The summed E-state index contributed by atoms with van der Waals surface area (Å²) in [4.78, 5) is 11.0. The molecule has 116 valence electrons. The third-order valence-corrected chi connectivity index (χ3v) is 5.67. The van der Waals surface area contributed by atoms with Crippen molar-refractivity contribution in [2.75, 3.05) is 20.2 Å². The maximum absolute atomic E-state index is 12.6. The largest absolute Gasteiger partial charge is 0.478 e. The van der Waals surface area contributed by atoms with Crippen LogP contribution in [0.4, 0.5) is 0 Å². The Kier molecular flexibility index (Phi) is 4.88. The zero-order valence-corrected chi connectivity index (χ0v) is 13.0. The molecule has 1 aliphatic rings. The standard InChI is InChI=1S/C13H16ClNO5S/c1-20-9-3-2-6-15(8-9)21(18,19)10-4-5-12(14)11(7-10)13(16)17/h4-5,7,9H,2-3,6,8H2,1H3,(H,16,17). The second-order valence-electron chi connectivity index (χ2n) is 4.81. The molecule has 21 heavy (non-hydrogen) atoms. The number of hydrogen-bond acceptors (Lipinski definition) is 4. The Bertz CT molecular complexity index is 646. The van der Waals surface area contributed by atoms with Gasteiger partial charge in [-0.15, -0.1) is 0 Å². The summed E-state index contributed by atoms with van der Waals surface area (Å²) in [6, 6.07) is 3.70. The van der Waals surface area contributed by atoms with Crippen molar-refractivity contribution in [3.63, 3.8) is 0 Å². The minimum Gasteiger partial charge on any atom is -0.478 e. The van der Waals surface area contributed by atoms with E-state index in [1.807, 2.05) is 0 Å². The second-order valence-corrected chi connectivity index (χ2v) is 7.15. The fraction of sp³-hybridized carbons (Fsp3) is 0.462. The number of carboxylic acid groups (broad SMARTS) is 1. The monoisotopic (exact) mass is 333 g/mol. The molecular weight excluding hydrogens is 318 g/mol. The highest BCUT2D eigenvalue weighted by molar-refractivity contribution is 7.89. The minimum atomic E-state index is -3.75. The summed E-state index contributed by atoms with van der Waals surface area (Å²) in [7, 11) is -2.20. The van der Waals surface area contributed by atoms with Gasteiger partial charge in [-0.1, -0.05) is 11.6 Å². The molecule has 1 atom stereocenters. The average Bonchev–Trinajstić information content (AvgIpc) is 2.47. The van der Waals surface area contributed by atoms with Crippen molar-refractivity contribution in [3.8, 4) is 0 Å². The van der Waals surface area contributed by atoms with E-state index in [2.05, 4.69) is 0 Å². The first-order valence-electron chi connectivity index (χ1n) is 6.42. The van der Waals surface area contributed by atoms with Crippen LogP contribution in [-0.4, -0.2) is 50.1 Å². The summed E-state index contributed by atoms with van der Waals surface area (Å²) in [5, 5.41) is 9.04. The summed E-state index contributed by atoms with van der Waals surface area (Å²) in [6.45, 7) is 0.664. The maximum atomic E-state index is 12.6. The van der Waals surface area contributed by atoms with Crippen LogP contribution in [-0.2, 0) is 14.8 Å². The van der Waals surface area contributed by atoms with E-state index < -0.39 is 16.0 Å². The molecule has 8 heteroatoms. The number of nitrogens with zero attached hydrogens (tertiary/aromatic N) is 1. The molecule has 0 aromatic heterocycles. The van der Waals surface area contributed by atoms with Crippen molar-refractivity contribution in [1.29, 1.82) is 0 Å². The average molecular weight is 334 g/mol. The van der Waals surface area contributed by atoms with Crippen molar-refractivity contribution in [3.05, 3.63) is 28.8 Å². The molecule has 1 unspecified atom stereocenters. The number of carboxylic acids is 1. The van der Waals surface area contributed by atoms with E-state index in [1.165, 1.54) is 16.4 Å². The summed E-state index contributed by atoms with van der Waals surface area (Å²) in [5.41, 5.74) is -0.224. The van der Waals surface area contributed by atoms with Gasteiger partial charge in [0.15, 0.2) is 0 Å². The zero-order valence-electron chi connectivity index (χ0n) is 11.5. The van der Waals surface area contributed by atoms with Crippen LogP contribution in [0.15, 0.2) is 23.1 Å². The molecule has 2 rings (SSSR count). The molecule has 0 amide bonds. The number of piperidine rings is 1. The van der Waals surface area contributed by atoms with E-state index in [-0.39, 0.29) is 28.1 Å². The lowest BCUT2D eigenvalue weighted by molar-refractivity contribution is 0.0571. The first-order valence-corrected chi connectivity index (χ1v) is 8.24. The molecule has 6 nitrogen and oxygen atoms in total. The van der Waals surface area contributed by atoms with E-state index >= 15 is 0 Å². The van der Waals surface area contributed by atoms with Crippen LogP contribution in [0.1, 0.15) is 23.2 Å². The first-order chi connectivity index (χ1) is 9.86. The summed E-state index contributed by atoms with van der Waals surface area (Å²) in [6.07, 6.45) is 1.38. The first kappa shape index (κ1) is 16.2. The normalized spacial score (nSPS) is 20.4. The van der Waals surface area contributed by atoms with Gasteiger partial charge in [-0.25, -0.2) is 13.2 Å². The predicted molar refractivity (Wildman–Crippen MR) is 77.2 cm³/mol. The van der Waals surface area contributed by atoms with Crippen molar-refractivity contribution in [1.82, 2.24) is 4.31 Å². The highest BCUT2D eigenvalue weighted by Gasteiger charge is 2.31. The Morgan fingerprint density at radius 1 is 1.48 bits per heavy atom. The maximum Gasteiger partial charge on any atom is 0.337 e. The van der Waals surface area contributed by atoms with E-state index in [0.717, 1.165) is 12.5 Å². The number of halogens is 1. The zero-order chi connectivity index (χ0) is 15.6. The molecule has 1 N–H and O–H groups in total. The highest BCUT2D eigenvalue weighted by Crippen LogP contribution is 2.25. The van der Waals surface area contributed by atoms with Gasteiger partial charge in [0.05, 0.1) is 21.6 Å². The van der Waals surface area contributed by atoms with Gasteiger partial charge in [-0.3, -0.25) is 0 Å². The molecule has 0 radical (unpaired) electrons. The van der Waals surface area contributed by atoms with Crippen LogP contribution in [0.5, 0.6) is 0 Å². The lowest BCUT2D eigenvalue weighted by Crippen LogP contribution is -2.42. The van der Waals surface area contributed by atoms with Gasteiger partial charge in [-0.2, -0.15) is 4.31 Å². The van der Waals surface area contributed by atoms with Gasteiger partial charge in [0.25, 0.3) is 0 Å². The lowest BCUT2D eigenvalue weighted by atomic mass is 10.1. The summed E-state index contributed by atoms with van der Waals surface area (Å²) < 4.78 is 31.7. The van der Waals surface area contributed by atoms with Gasteiger partial charge < -0.3 is 9.84 Å². The number of sulfonamides is 1. The fourth-order valence-corrected chi connectivity index (χ4v) is 4.03. The number of ether oxygens (including phenoxy) is 1. The third kappa shape index (κ3) is 3.37. The Hall–Kier alpha value is -1.15. The van der Waals surface area contributed by atoms with Crippen LogP contribution in [0.25, 0.3) is 0 Å². The number of aromatic carboxylic acids is 1. The van der Waals surface area contributed by atoms with E-state index in [9.17, 15) is 13.2 Å². The van der Waals surface area contributed by atoms with Crippen LogP contribution in [0.3, 0.4) is 0 Å². The van der Waals surface area contributed by atoms with Crippen LogP contribution in [0.2, 0.25) is 5.02 Å². The minimum absolute atomic E-state index is 0.00913. The summed E-state index contributed by atoms with van der Waals surface area (Å²) >= 11 is 5.76. The Morgan fingerprint density at radius 3 is 2.81 bits per heavy atom. The topological polar surface area (TPSA) is 83.9 Å². The van der Waals surface area contributed by atoms with Gasteiger partial charge >= 0.3 is 5.97 Å². The molecule has 0 bridgehead atoms. The van der Waals surface area contributed by atoms with E-state index in [0.29, 0.717) is 13.0 Å². The Morgan fingerprint density at radius 2 is 2.19 bits per heavy atom. The molecular formula is C13H16ClNO5S. The number of rotatable bonds is 4. The molecule has 1 aromatic rings. The van der Waals surface area contributed by atoms with Gasteiger partial charge in [-0.05, 0) is 31.0 Å². The molecule has 1 heterocycles. The lowest BCUT2D eigenvalue weighted by Gasteiger charge is -2.31. The molecule has 0 spiro atoms. The van der Waals surface area contributed by atoms with Gasteiger partial charge in [0, 0.05) is 20.2 Å². The Balaban J connectivity index is 2.35. The second kappa shape index (κ2) is 6.31. The van der Waals surface area contributed by atoms with E-state index in [4.69, 9.17) is 21.4 Å². The van der Waals surface area contributed by atoms with Crippen LogP contribution < -0.4 is 0 Å². The highest BCUT2D eigenvalue weighted by atomic mass is 35.5. The molecule has 1 aromatic carbocycles. The van der Waals surface area contributed by atoms with E-state index in [1.54, 1.807) is 7.11 Å². The van der Waals surface area contributed by atoms with Crippen molar-refractivity contribution in [2.24, 2.45) is 0 Å². The Labute approximate surface area is 128 Å². The SMILES string of the molecule is COC1CCCN(S(=O)(=O)c2ccc(Cl)c(C(=O)O)c2)C1. The van der Waals surface area contributed by atoms with Crippen LogP contribution in [0, 0.1) is 0 Å².